The predicted molar refractivity (Wildman–Crippen MR) is 76.9 cm³/mol. The molecule has 0 radical (unpaired) electrons. The second-order valence-corrected chi connectivity index (χ2v) is 5.11. The zero-order valence-corrected chi connectivity index (χ0v) is 11.9. The Bertz CT molecular complexity index is 431. The molecule has 0 aromatic heterocycles. The number of rotatable bonds is 7. The highest BCUT2D eigenvalue weighted by Gasteiger charge is 2.09. The summed E-state index contributed by atoms with van der Waals surface area (Å²) in [7, 11) is 6.12. The minimum absolute atomic E-state index is 0.0869. The molecule has 0 fully saturated rings. The van der Waals surface area contributed by atoms with Gasteiger partial charge < -0.3 is 15.5 Å². The Morgan fingerprint density at radius 3 is 2.53 bits per heavy atom. The lowest BCUT2D eigenvalue weighted by Crippen LogP contribution is -2.25. The van der Waals surface area contributed by atoms with Crippen molar-refractivity contribution in [2.45, 2.75) is 13.0 Å². The van der Waals surface area contributed by atoms with Crippen LogP contribution in [0.2, 0.25) is 0 Å². The van der Waals surface area contributed by atoms with E-state index in [-0.39, 0.29) is 11.7 Å². The molecule has 5 heteroatoms. The fraction of sp³-hybridized carbons (Fsp3) is 0.500. The average molecular weight is 266 g/mol. The number of nitrogen functional groups attached to an aromatic ring is 1. The number of halogens is 1. The molecule has 0 heterocycles. The maximum Gasteiger partial charge on any atom is 0.123 e. The summed E-state index contributed by atoms with van der Waals surface area (Å²) in [5, 5.41) is 7.50. The topological polar surface area (TPSA) is 56.4 Å². The molecule has 0 aliphatic heterocycles. The van der Waals surface area contributed by atoms with Gasteiger partial charge >= 0.3 is 0 Å². The summed E-state index contributed by atoms with van der Waals surface area (Å²) in [6.45, 7) is 2.66. The van der Waals surface area contributed by atoms with Gasteiger partial charge in [-0.3, -0.25) is 5.41 Å². The second kappa shape index (κ2) is 7.21. The number of hydrogen-bond donors (Lipinski definition) is 2. The lowest BCUT2D eigenvalue weighted by atomic mass is 10.1. The zero-order chi connectivity index (χ0) is 14.4. The normalized spacial score (nSPS) is 11.3. The van der Waals surface area contributed by atoms with Crippen LogP contribution in [0.5, 0.6) is 0 Å². The number of amidine groups is 1. The van der Waals surface area contributed by atoms with Crippen LogP contribution in [-0.2, 0) is 6.54 Å². The first-order chi connectivity index (χ1) is 8.90. The maximum absolute atomic E-state index is 13.2. The third-order valence-electron chi connectivity index (χ3n) is 2.95. The van der Waals surface area contributed by atoms with Gasteiger partial charge in [-0.25, -0.2) is 4.39 Å². The van der Waals surface area contributed by atoms with E-state index in [9.17, 15) is 4.39 Å². The van der Waals surface area contributed by atoms with Crippen LogP contribution in [0.25, 0.3) is 0 Å². The summed E-state index contributed by atoms with van der Waals surface area (Å²) >= 11 is 0. The second-order valence-electron chi connectivity index (χ2n) is 5.11. The smallest absolute Gasteiger partial charge is 0.123 e. The molecule has 0 aliphatic rings. The molecule has 0 saturated carbocycles. The average Bonchev–Trinajstić information content (AvgIpc) is 2.30. The van der Waals surface area contributed by atoms with Gasteiger partial charge in [-0.15, -0.1) is 0 Å². The summed E-state index contributed by atoms with van der Waals surface area (Å²) in [5.74, 6) is -0.444. The summed E-state index contributed by atoms with van der Waals surface area (Å²) in [4.78, 5) is 4.30. The molecule has 0 unspecified atom stereocenters. The molecule has 4 nitrogen and oxygen atoms in total. The van der Waals surface area contributed by atoms with Gasteiger partial charge in [-0.2, -0.15) is 0 Å². The van der Waals surface area contributed by atoms with Gasteiger partial charge in [0.05, 0.1) is 0 Å². The Kier molecular flexibility index (Phi) is 5.92. The van der Waals surface area contributed by atoms with Crippen molar-refractivity contribution in [2.75, 3.05) is 34.2 Å². The maximum atomic E-state index is 13.2. The van der Waals surface area contributed by atoms with Crippen molar-refractivity contribution in [3.8, 4) is 0 Å². The van der Waals surface area contributed by atoms with Crippen molar-refractivity contribution >= 4 is 5.84 Å². The quantitative estimate of drug-likeness (QED) is 0.581. The molecule has 0 spiro atoms. The lowest BCUT2D eigenvalue weighted by Gasteiger charge is -2.19. The van der Waals surface area contributed by atoms with Crippen molar-refractivity contribution in [2.24, 2.45) is 5.73 Å². The molecule has 19 heavy (non-hydrogen) atoms. The van der Waals surface area contributed by atoms with Gasteiger partial charge in [-0.05, 0) is 58.3 Å². The molecule has 0 aliphatic carbocycles. The first kappa shape index (κ1) is 15.6. The van der Waals surface area contributed by atoms with Crippen LogP contribution in [0.3, 0.4) is 0 Å². The van der Waals surface area contributed by atoms with E-state index < -0.39 is 0 Å². The fourth-order valence-electron chi connectivity index (χ4n) is 1.96. The minimum Gasteiger partial charge on any atom is -0.384 e. The molecule has 0 atom stereocenters. The number of nitrogens with two attached hydrogens (primary N) is 1. The van der Waals surface area contributed by atoms with Gasteiger partial charge in [0.15, 0.2) is 0 Å². The monoisotopic (exact) mass is 266 g/mol. The minimum atomic E-state index is -0.357. The molecule has 0 saturated heterocycles. The van der Waals surface area contributed by atoms with Crippen molar-refractivity contribution in [1.29, 1.82) is 5.41 Å². The van der Waals surface area contributed by atoms with E-state index in [1.54, 1.807) is 6.07 Å². The molecule has 3 N–H and O–H groups in total. The van der Waals surface area contributed by atoms with E-state index in [0.717, 1.165) is 25.1 Å². The molecular formula is C14H23FN4. The van der Waals surface area contributed by atoms with Crippen LogP contribution < -0.4 is 5.73 Å². The van der Waals surface area contributed by atoms with Gasteiger partial charge in [0.1, 0.15) is 11.7 Å². The predicted octanol–water partition coefficient (Wildman–Crippen LogP) is 1.49. The van der Waals surface area contributed by atoms with E-state index in [0.29, 0.717) is 12.1 Å². The standard InChI is InChI=1S/C14H23FN4/c1-18(2)7-4-8-19(3)10-11-5-6-12(15)9-13(11)14(16)17/h5-6,9H,4,7-8,10H2,1-3H3,(H3,16,17). The number of nitrogens with zero attached hydrogens (tertiary/aromatic N) is 2. The van der Waals surface area contributed by atoms with Crippen LogP contribution in [0.4, 0.5) is 4.39 Å². The van der Waals surface area contributed by atoms with E-state index in [2.05, 4.69) is 9.80 Å². The molecule has 1 aromatic carbocycles. The van der Waals surface area contributed by atoms with Crippen LogP contribution in [0.15, 0.2) is 18.2 Å². The van der Waals surface area contributed by atoms with E-state index in [1.165, 1.54) is 12.1 Å². The Labute approximate surface area is 114 Å². The third kappa shape index (κ3) is 5.36. The molecular weight excluding hydrogens is 243 g/mol. The van der Waals surface area contributed by atoms with Gasteiger partial charge in [0.25, 0.3) is 0 Å². The van der Waals surface area contributed by atoms with Crippen LogP contribution in [0.1, 0.15) is 17.5 Å². The Hall–Kier alpha value is -1.46. The largest absolute Gasteiger partial charge is 0.384 e. The summed E-state index contributed by atoms with van der Waals surface area (Å²) < 4.78 is 13.2. The van der Waals surface area contributed by atoms with E-state index in [1.807, 2.05) is 21.1 Å². The summed E-state index contributed by atoms with van der Waals surface area (Å²) in [6, 6.07) is 4.44. The Morgan fingerprint density at radius 1 is 1.26 bits per heavy atom. The molecule has 1 aromatic rings. The van der Waals surface area contributed by atoms with Crippen molar-refractivity contribution < 1.29 is 4.39 Å². The highest BCUT2D eigenvalue weighted by molar-refractivity contribution is 5.96. The first-order valence-corrected chi connectivity index (χ1v) is 6.36. The van der Waals surface area contributed by atoms with Crippen LogP contribution in [-0.4, -0.2) is 49.9 Å². The van der Waals surface area contributed by atoms with Gasteiger partial charge in [0, 0.05) is 12.1 Å². The Morgan fingerprint density at radius 2 is 1.95 bits per heavy atom. The van der Waals surface area contributed by atoms with Crippen molar-refractivity contribution in [3.63, 3.8) is 0 Å². The molecule has 0 amide bonds. The van der Waals surface area contributed by atoms with E-state index in [4.69, 9.17) is 11.1 Å². The Balaban J connectivity index is 2.63. The van der Waals surface area contributed by atoms with E-state index >= 15 is 0 Å². The highest BCUT2D eigenvalue weighted by atomic mass is 19.1. The number of benzene rings is 1. The van der Waals surface area contributed by atoms with Crippen molar-refractivity contribution in [3.05, 3.63) is 35.1 Å². The van der Waals surface area contributed by atoms with Gasteiger partial charge in [0.2, 0.25) is 0 Å². The highest BCUT2D eigenvalue weighted by Crippen LogP contribution is 2.13. The fourth-order valence-corrected chi connectivity index (χ4v) is 1.96. The van der Waals surface area contributed by atoms with Gasteiger partial charge in [-0.1, -0.05) is 6.07 Å². The first-order valence-electron chi connectivity index (χ1n) is 6.36. The van der Waals surface area contributed by atoms with Crippen molar-refractivity contribution in [1.82, 2.24) is 9.80 Å². The third-order valence-corrected chi connectivity index (χ3v) is 2.95. The lowest BCUT2D eigenvalue weighted by molar-refractivity contribution is 0.294. The van der Waals surface area contributed by atoms with Crippen LogP contribution in [0, 0.1) is 11.2 Å². The number of nitrogens with one attached hydrogen (secondary N) is 1. The molecule has 0 bridgehead atoms. The zero-order valence-electron chi connectivity index (χ0n) is 11.9. The van der Waals surface area contributed by atoms with Crippen LogP contribution >= 0.6 is 0 Å². The summed E-state index contributed by atoms with van der Waals surface area (Å²) in [5.41, 5.74) is 6.87. The molecule has 106 valence electrons. The molecule has 1 rings (SSSR count). The SMILES string of the molecule is CN(C)CCCN(C)Cc1ccc(F)cc1C(=N)N. The number of hydrogen-bond acceptors (Lipinski definition) is 3. The summed E-state index contributed by atoms with van der Waals surface area (Å²) in [6.07, 6.45) is 1.07.